The lowest BCUT2D eigenvalue weighted by Gasteiger charge is -2.17. The number of hydrogen-bond donors (Lipinski definition) is 2. The van der Waals surface area contributed by atoms with Gasteiger partial charge in [-0.05, 0) is 37.1 Å². The molecule has 3 N–H and O–H groups in total. The predicted octanol–water partition coefficient (Wildman–Crippen LogP) is 1.35. The van der Waals surface area contributed by atoms with Crippen molar-refractivity contribution >= 4 is 17.6 Å². The van der Waals surface area contributed by atoms with Crippen molar-refractivity contribution in [1.29, 1.82) is 0 Å². The quantitative estimate of drug-likeness (QED) is 0.585. The van der Waals surface area contributed by atoms with Gasteiger partial charge in [0.2, 0.25) is 0 Å². The van der Waals surface area contributed by atoms with Crippen LogP contribution in [0.4, 0.5) is 5.69 Å². The van der Waals surface area contributed by atoms with Gasteiger partial charge in [0, 0.05) is 11.7 Å². The zero-order chi connectivity index (χ0) is 15.8. The lowest BCUT2D eigenvalue weighted by molar-refractivity contribution is -0.150. The summed E-state index contributed by atoms with van der Waals surface area (Å²) in [7, 11) is 0. The first-order valence-electron chi connectivity index (χ1n) is 6.82. The Hall–Kier alpha value is -2.24. The maximum atomic E-state index is 11.5. The molecule has 6 nitrogen and oxygen atoms in total. The van der Waals surface area contributed by atoms with E-state index in [1.807, 2.05) is 20.8 Å². The molecule has 0 spiro atoms. The molecule has 1 aromatic carbocycles. The van der Waals surface area contributed by atoms with Gasteiger partial charge in [0.05, 0.1) is 0 Å². The summed E-state index contributed by atoms with van der Waals surface area (Å²) < 4.78 is 10.0. The highest BCUT2D eigenvalue weighted by atomic mass is 16.6. The molecule has 0 heterocycles. The molecule has 1 unspecified atom stereocenters. The molecule has 1 atom stereocenters. The van der Waals surface area contributed by atoms with Crippen LogP contribution < -0.4 is 15.8 Å². The number of carbonyl (C=O) groups excluding carboxylic acids is 2. The number of amides is 1. The van der Waals surface area contributed by atoms with E-state index in [2.05, 4.69) is 5.32 Å². The van der Waals surface area contributed by atoms with Crippen LogP contribution in [-0.2, 0) is 14.3 Å². The van der Waals surface area contributed by atoms with Gasteiger partial charge in [-0.3, -0.25) is 4.79 Å². The van der Waals surface area contributed by atoms with Crippen LogP contribution in [0.25, 0.3) is 0 Å². The number of nitrogens with one attached hydrogen (secondary N) is 1. The van der Waals surface area contributed by atoms with E-state index < -0.39 is 5.97 Å². The molecule has 0 aliphatic rings. The molecular weight excluding hydrogens is 272 g/mol. The zero-order valence-electron chi connectivity index (χ0n) is 12.6. The Kier molecular flexibility index (Phi) is 6.52. The second-order valence-electron chi connectivity index (χ2n) is 5.12. The maximum Gasteiger partial charge on any atom is 0.344 e. The second-order valence-corrected chi connectivity index (χ2v) is 5.12. The summed E-state index contributed by atoms with van der Waals surface area (Å²) in [6.07, 6.45) is 0. The van der Waals surface area contributed by atoms with E-state index >= 15 is 0 Å². The maximum absolute atomic E-state index is 11.5. The van der Waals surface area contributed by atoms with E-state index in [0.29, 0.717) is 17.4 Å². The Bertz CT molecular complexity index is 471. The number of nitrogen functional groups attached to an aromatic ring is 1. The number of esters is 1. The SMILES string of the molecule is CC(C)C(C)NC(=O)COC(=O)COc1ccc(N)cc1. The highest BCUT2D eigenvalue weighted by molar-refractivity contribution is 5.81. The van der Waals surface area contributed by atoms with Gasteiger partial charge in [-0.1, -0.05) is 13.8 Å². The van der Waals surface area contributed by atoms with Crippen LogP contribution in [0.5, 0.6) is 5.75 Å². The van der Waals surface area contributed by atoms with Crippen molar-refractivity contribution in [3.05, 3.63) is 24.3 Å². The van der Waals surface area contributed by atoms with Crippen LogP contribution >= 0.6 is 0 Å². The summed E-state index contributed by atoms with van der Waals surface area (Å²) in [5.41, 5.74) is 6.14. The standard InChI is InChI=1S/C15H22N2O4/c1-10(2)11(3)17-14(18)8-21-15(19)9-20-13-6-4-12(16)5-7-13/h4-7,10-11H,8-9,16H2,1-3H3,(H,17,18). The third-order valence-corrected chi connectivity index (χ3v) is 2.99. The molecule has 1 amide bonds. The van der Waals surface area contributed by atoms with Crippen molar-refractivity contribution in [2.24, 2.45) is 5.92 Å². The van der Waals surface area contributed by atoms with Crippen LogP contribution in [0.2, 0.25) is 0 Å². The number of rotatable bonds is 7. The van der Waals surface area contributed by atoms with Crippen molar-refractivity contribution in [1.82, 2.24) is 5.32 Å². The molecule has 0 fully saturated rings. The lowest BCUT2D eigenvalue weighted by Crippen LogP contribution is -2.39. The van der Waals surface area contributed by atoms with Crippen LogP contribution in [0, 0.1) is 5.92 Å². The number of anilines is 1. The molecule has 116 valence electrons. The number of carbonyl (C=O) groups is 2. The minimum absolute atomic E-state index is 0.0298. The smallest absolute Gasteiger partial charge is 0.344 e. The van der Waals surface area contributed by atoms with Crippen LogP contribution in [0.3, 0.4) is 0 Å². The second kappa shape index (κ2) is 8.14. The summed E-state index contributed by atoms with van der Waals surface area (Å²) in [5, 5.41) is 2.74. The Labute approximate surface area is 124 Å². The highest BCUT2D eigenvalue weighted by Gasteiger charge is 2.13. The van der Waals surface area contributed by atoms with Crippen LogP contribution in [0.15, 0.2) is 24.3 Å². The van der Waals surface area contributed by atoms with Crippen LogP contribution in [-0.4, -0.2) is 31.1 Å². The minimum Gasteiger partial charge on any atom is -0.482 e. The van der Waals surface area contributed by atoms with Gasteiger partial charge < -0.3 is 20.5 Å². The topological polar surface area (TPSA) is 90.6 Å². The van der Waals surface area contributed by atoms with Crippen molar-refractivity contribution < 1.29 is 19.1 Å². The Morgan fingerprint density at radius 2 is 1.76 bits per heavy atom. The van der Waals surface area contributed by atoms with Crippen molar-refractivity contribution in [2.45, 2.75) is 26.8 Å². The predicted molar refractivity (Wildman–Crippen MR) is 79.8 cm³/mol. The molecule has 0 aromatic heterocycles. The average molecular weight is 294 g/mol. The van der Waals surface area contributed by atoms with Crippen molar-refractivity contribution in [2.75, 3.05) is 18.9 Å². The first-order chi connectivity index (χ1) is 9.88. The lowest BCUT2D eigenvalue weighted by atomic mass is 10.1. The monoisotopic (exact) mass is 294 g/mol. The molecule has 6 heteroatoms. The van der Waals surface area contributed by atoms with E-state index in [1.54, 1.807) is 24.3 Å². The van der Waals surface area contributed by atoms with Gasteiger partial charge in [-0.25, -0.2) is 4.79 Å². The van der Waals surface area contributed by atoms with Crippen molar-refractivity contribution in [3.63, 3.8) is 0 Å². The van der Waals surface area contributed by atoms with Gasteiger partial charge in [-0.15, -0.1) is 0 Å². The van der Waals surface area contributed by atoms with Crippen molar-refractivity contribution in [3.8, 4) is 5.75 Å². The molecule has 21 heavy (non-hydrogen) atoms. The molecule has 1 aromatic rings. The van der Waals surface area contributed by atoms with Gasteiger partial charge in [0.25, 0.3) is 5.91 Å². The summed E-state index contributed by atoms with van der Waals surface area (Å²) in [4.78, 5) is 23.0. The van der Waals surface area contributed by atoms with E-state index in [1.165, 1.54) is 0 Å². The fraction of sp³-hybridized carbons (Fsp3) is 0.467. The van der Waals surface area contributed by atoms with E-state index in [9.17, 15) is 9.59 Å². The van der Waals surface area contributed by atoms with E-state index in [4.69, 9.17) is 15.2 Å². The molecule has 0 aliphatic carbocycles. The first-order valence-corrected chi connectivity index (χ1v) is 6.82. The Morgan fingerprint density at radius 1 is 1.14 bits per heavy atom. The summed E-state index contributed by atoms with van der Waals surface area (Å²) in [6, 6.07) is 6.67. The van der Waals surface area contributed by atoms with Crippen LogP contribution in [0.1, 0.15) is 20.8 Å². The number of ether oxygens (including phenoxy) is 2. The molecule has 0 radical (unpaired) electrons. The molecular formula is C15H22N2O4. The molecule has 0 saturated carbocycles. The Balaban J connectivity index is 2.25. The van der Waals surface area contributed by atoms with E-state index in [-0.39, 0.29) is 25.2 Å². The zero-order valence-corrected chi connectivity index (χ0v) is 12.6. The van der Waals surface area contributed by atoms with Gasteiger partial charge in [0.15, 0.2) is 13.2 Å². The third-order valence-electron chi connectivity index (χ3n) is 2.99. The fourth-order valence-electron chi connectivity index (χ4n) is 1.36. The van der Waals surface area contributed by atoms with Gasteiger partial charge in [0.1, 0.15) is 5.75 Å². The normalized spacial score (nSPS) is 11.8. The van der Waals surface area contributed by atoms with Gasteiger partial charge >= 0.3 is 5.97 Å². The van der Waals surface area contributed by atoms with Gasteiger partial charge in [-0.2, -0.15) is 0 Å². The summed E-state index contributed by atoms with van der Waals surface area (Å²) in [6.45, 7) is 5.33. The number of benzene rings is 1. The third kappa shape index (κ3) is 6.65. The Morgan fingerprint density at radius 3 is 2.33 bits per heavy atom. The first kappa shape index (κ1) is 16.8. The summed E-state index contributed by atoms with van der Waals surface area (Å²) in [5.74, 6) is -0.0891. The minimum atomic E-state index is -0.598. The summed E-state index contributed by atoms with van der Waals surface area (Å²) >= 11 is 0. The fourth-order valence-corrected chi connectivity index (χ4v) is 1.36. The highest BCUT2D eigenvalue weighted by Crippen LogP contribution is 2.12. The average Bonchev–Trinajstić information content (AvgIpc) is 2.44. The number of hydrogen-bond acceptors (Lipinski definition) is 5. The number of nitrogens with two attached hydrogens (primary N) is 1. The van der Waals surface area contributed by atoms with E-state index in [0.717, 1.165) is 0 Å². The molecule has 1 rings (SSSR count). The molecule has 0 saturated heterocycles. The molecule has 0 aliphatic heterocycles. The molecule has 0 bridgehead atoms. The largest absolute Gasteiger partial charge is 0.482 e.